The van der Waals surface area contributed by atoms with Gasteiger partial charge in [-0.1, -0.05) is 6.08 Å². The van der Waals surface area contributed by atoms with Gasteiger partial charge in [0.15, 0.2) is 0 Å². The molecule has 1 amide bonds. The standard InChI is InChI=1S/C17H25NO3/c1-4-5-6-7-14(12-19)17(21)18(13(2)3)15-8-10-16(20)11-9-15/h4,8-11,13-14,19-20H,1,5-7,12H2,2-3H3. The van der Waals surface area contributed by atoms with Crippen LogP contribution in [0.5, 0.6) is 5.75 Å². The van der Waals surface area contributed by atoms with E-state index in [1.807, 2.05) is 19.9 Å². The summed E-state index contributed by atoms with van der Waals surface area (Å²) in [6.07, 6.45) is 4.13. The number of hydrogen-bond acceptors (Lipinski definition) is 3. The Morgan fingerprint density at radius 3 is 2.43 bits per heavy atom. The second-order valence-corrected chi connectivity index (χ2v) is 5.42. The maximum atomic E-state index is 12.7. The summed E-state index contributed by atoms with van der Waals surface area (Å²) in [6, 6.07) is 6.53. The van der Waals surface area contributed by atoms with E-state index < -0.39 is 5.92 Å². The van der Waals surface area contributed by atoms with Gasteiger partial charge in [0.25, 0.3) is 0 Å². The molecule has 1 aromatic carbocycles. The Labute approximate surface area is 126 Å². The number of allylic oxidation sites excluding steroid dienone is 1. The van der Waals surface area contributed by atoms with Gasteiger partial charge in [0.1, 0.15) is 5.75 Å². The third-order valence-corrected chi connectivity index (χ3v) is 3.41. The van der Waals surface area contributed by atoms with Crippen LogP contribution in [0.1, 0.15) is 33.1 Å². The van der Waals surface area contributed by atoms with E-state index in [9.17, 15) is 15.0 Å². The van der Waals surface area contributed by atoms with Gasteiger partial charge in [-0.3, -0.25) is 4.79 Å². The topological polar surface area (TPSA) is 60.8 Å². The molecule has 1 unspecified atom stereocenters. The molecule has 0 saturated heterocycles. The average Bonchev–Trinajstić information content (AvgIpc) is 2.45. The van der Waals surface area contributed by atoms with Gasteiger partial charge in [-0.2, -0.15) is 0 Å². The number of phenolic OH excluding ortho intramolecular Hbond substituents is 1. The summed E-state index contributed by atoms with van der Waals surface area (Å²) in [7, 11) is 0. The van der Waals surface area contributed by atoms with E-state index in [1.165, 1.54) is 0 Å². The second-order valence-electron chi connectivity index (χ2n) is 5.42. The van der Waals surface area contributed by atoms with Gasteiger partial charge in [-0.15, -0.1) is 6.58 Å². The molecule has 2 N–H and O–H groups in total. The molecule has 0 aliphatic carbocycles. The first kappa shape index (κ1) is 17.2. The molecule has 0 spiro atoms. The fraction of sp³-hybridized carbons (Fsp3) is 0.471. The highest BCUT2D eigenvalue weighted by Crippen LogP contribution is 2.24. The van der Waals surface area contributed by atoms with Crippen LogP contribution < -0.4 is 4.90 Å². The fourth-order valence-electron chi connectivity index (χ4n) is 2.29. The van der Waals surface area contributed by atoms with Crippen LogP contribution >= 0.6 is 0 Å². The van der Waals surface area contributed by atoms with E-state index in [2.05, 4.69) is 6.58 Å². The van der Waals surface area contributed by atoms with Gasteiger partial charge in [0, 0.05) is 11.7 Å². The Balaban J connectivity index is 2.90. The molecule has 0 radical (unpaired) electrons. The molecule has 0 aliphatic heterocycles. The van der Waals surface area contributed by atoms with Crippen LogP contribution in [0.15, 0.2) is 36.9 Å². The number of hydrogen-bond donors (Lipinski definition) is 2. The second kappa shape index (κ2) is 8.47. The van der Waals surface area contributed by atoms with E-state index in [0.717, 1.165) is 18.5 Å². The van der Waals surface area contributed by atoms with Crippen molar-refractivity contribution in [2.24, 2.45) is 5.92 Å². The Morgan fingerprint density at radius 2 is 1.95 bits per heavy atom. The minimum Gasteiger partial charge on any atom is -0.508 e. The number of amides is 1. The van der Waals surface area contributed by atoms with Gasteiger partial charge in [-0.25, -0.2) is 0 Å². The highest BCUT2D eigenvalue weighted by molar-refractivity contribution is 5.95. The highest BCUT2D eigenvalue weighted by atomic mass is 16.3. The van der Waals surface area contributed by atoms with Crippen molar-refractivity contribution in [3.8, 4) is 5.75 Å². The minimum absolute atomic E-state index is 0.0181. The number of carbonyl (C=O) groups excluding carboxylic acids is 1. The van der Waals surface area contributed by atoms with Crippen LogP contribution in [-0.2, 0) is 4.79 Å². The molecule has 4 nitrogen and oxygen atoms in total. The molecule has 1 atom stereocenters. The monoisotopic (exact) mass is 291 g/mol. The van der Waals surface area contributed by atoms with Gasteiger partial charge in [-0.05, 0) is 57.4 Å². The van der Waals surface area contributed by atoms with Crippen molar-refractivity contribution in [3.63, 3.8) is 0 Å². The number of benzene rings is 1. The van der Waals surface area contributed by atoms with Crippen molar-refractivity contribution in [3.05, 3.63) is 36.9 Å². The first-order chi connectivity index (χ1) is 10.0. The van der Waals surface area contributed by atoms with Crippen LogP contribution in [0.3, 0.4) is 0 Å². The van der Waals surface area contributed by atoms with E-state index in [4.69, 9.17) is 0 Å². The van der Waals surface area contributed by atoms with Crippen molar-refractivity contribution in [2.45, 2.75) is 39.2 Å². The van der Waals surface area contributed by atoms with Gasteiger partial charge in [0.2, 0.25) is 5.91 Å². The largest absolute Gasteiger partial charge is 0.508 e. The number of carbonyl (C=O) groups is 1. The molecule has 0 aromatic heterocycles. The van der Waals surface area contributed by atoms with Crippen molar-refractivity contribution in [1.29, 1.82) is 0 Å². The van der Waals surface area contributed by atoms with Crippen molar-refractivity contribution in [1.82, 2.24) is 0 Å². The van der Waals surface area contributed by atoms with E-state index >= 15 is 0 Å². The maximum absolute atomic E-state index is 12.7. The fourth-order valence-corrected chi connectivity index (χ4v) is 2.29. The van der Waals surface area contributed by atoms with Crippen LogP contribution in [0.25, 0.3) is 0 Å². The lowest BCUT2D eigenvalue weighted by Crippen LogP contribution is -2.42. The highest BCUT2D eigenvalue weighted by Gasteiger charge is 2.26. The molecule has 0 fully saturated rings. The lowest BCUT2D eigenvalue weighted by molar-refractivity contribution is -0.124. The zero-order chi connectivity index (χ0) is 15.8. The van der Waals surface area contributed by atoms with E-state index in [1.54, 1.807) is 29.2 Å². The van der Waals surface area contributed by atoms with E-state index in [0.29, 0.717) is 6.42 Å². The summed E-state index contributed by atoms with van der Waals surface area (Å²) >= 11 is 0. The minimum atomic E-state index is -0.402. The lowest BCUT2D eigenvalue weighted by atomic mass is 10.00. The maximum Gasteiger partial charge on any atom is 0.232 e. The quantitative estimate of drug-likeness (QED) is 0.571. The summed E-state index contributed by atoms with van der Waals surface area (Å²) in [5.74, 6) is -0.317. The first-order valence-electron chi connectivity index (χ1n) is 7.35. The van der Waals surface area contributed by atoms with E-state index in [-0.39, 0.29) is 24.3 Å². The Bertz CT molecular complexity index is 454. The molecule has 0 bridgehead atoms. The molecule has 0 aliphatic rings. The number of nitrogens with zero attached hydrogens (tertiary/aromatic N) is 1. The van der Waals surface area contributed by atoms with Gasteiger partial charge < -0.3 is 15.1 Å². The molecule has 21 heavy (non-hydrogen) atoms. The van der Waals surface area contributed by atoms with Crippen LogP contribution in [0, 0.1) is 5.92 Å². The SMILES string of the molecule is C=CCCCC(CO)C(=O)N(c1ccc(O)cc1)C(C)C. The molecule has 1 aromatic rings. The number of anilines is 1. The number of phenols is 1. The normalized spacial score (nSPS) is 12.2. The summed E-state index contributed by atoms with van der Waals surface area (Å²) < 4.78 is 0. The average molecular weight is 291 g/mol. The predicted molar refractivity (Wildman–Crippen MR) is 85.4 cm³/mol. The Hall–Kier alpha value is -1.81. The number of unbranched alkanes of at least 4 members (excludes halogenated alkanes) is 1. The molecule has 0 heterocycles. The van der Waals surface area contributed by atoms with Crippen LogP contribution in [0.4, 0.5) is 5.69 Å². The van der Waals surface area contributed by atoms with Crippen molar-refractivity contribution < 1.29 is 15.0 Å². The van der Waals surface area contributed by atoms with Crippen molar-refractivity contribution in [2.75, 3.05) is 11.5 Å². The third kappa shape index (κ3) is 4.90. The lowest BCUT2D eigenvalue weighted by Gasteiger charge is -2.30. The zero-order valence-corrected chi connectivity index (χ0v) is 12.8. The molecule has 116 valence electrons. The van der Waals surface area contributed by atoms with Gasteiger partial charge >= 0.3 is 0 Å². The van der Waals surface area contributed by atoms with Crippen LogP contribution in [-0.4, -0.2) is 28.8 Å². The summed E-state index contributed by atoms with van der Waals surface area (Å²) in [4.78, 5) is 14.3. The van der Waals surface area contributed by atoms with Crippen molar-refractivity contribution >= 4 is 11.6 Å². The Kier molecular flexibility index (Phi) is 6.96. The first-order valence-corrected chi connectivity index (χ1v) is 7.35. The predicted octanol–water partition coefficient (Wildman–Crippen LogP) is 3.10. The smallest absolute Gasteiger partial charge is 0.232 e. The molecule has 1 rings (SSSR count). The third-order valence-electron chi connectivity index (χ3n) is 3.41. The number of rotatable bonds is 8. The molecular formula is C17H25NO3. The molecular weight excluding hydrogens is 266 g/mol. The number of aromatic hydroxyl groups is 1. The number of aliphatic hydroxyl groups excluding tert-OH is 1. The summed E-state index contributed by atoms with van der Waals surface area (Å²) in [5, 5.41) is 18.9. The van der Waals surface area contributed by atoms with Crippen LogP contribution in [0.2, 0.25) is 0 Å². The van der Waals surface area contributed by atoms with Gasteiger partial charge in [0.05, 0.1) is 12.5 Å². The molecule has 4 heteroatoms. The number of aliphatic hydroxyl groups is 1. The zero-order valence-electron chi connectivity index (χ0n) is 12.8. The summed E-state index contributed by atoms with van der Waals surface area (Å²) in [6.45, 7) is 7.38. The molecule has 0 saturated carbocycles. The Morgan fingerprint density at radius 1 is 1.33 bits per heavy atom. The summed E-state index contributed by atoms with van der Waals surface area (Å²) in [5.41, 5.74) is 0.731.